The monoisotopic (exact) mass is 342 g/mol. The molecule has 0 aliphatic heterocycles. The van der Waals surface area contributed by atoms with Gasteiger partial charge in [-0.25, -0.2) is 0 Å². The average molecular weight is 342 g/mol. The molecule has 0 spiro atoms. The number of hydrogen-bond acceptors (Lipinski definition) is 3. The first kappa shape index (κ1) is 19.0. The second-order valence-corrected chi connectivity index (χ2v) is 5.97. The highest BCUT2D eigenvalue weighted by atomic mass is 15.3. The molecule has 136 valence electrons. The number of benzene rings is 1. The van der Waals surface area contributed by atoms with Crippen LogP contribution >= 0.6 is 0 Å². The van der Waals surface area contributed by atoms with E-state index in [0.29, 0.717) is 0 Å². The fraction of sp³-hybridized carbons (Fsp3) is 0.526. The van der Waals surface area contributed by atoms with Crippen molar-refractivity contribution in [3.8, 4) is 0 Å². The van der Waals surface area contributed by atoms with Crippen LogP contribution in [0, 0.1) is 0 Å². The molecule has 2 aromatic rings. The molecule has 0 atom stereocenters. The molecule has 6 nitrogen and oxygen atoms in total. The number of rotatable bonds is 10. The van der Waals surface area contributed by atoms with E-state index in [1.807, 2.05) is 0 Å². The zero-order chi connectivity index (χ0) is 17.7. The van der Waals surface area contributed by atoms with Gasteiger partial charge in [0, 0.05) is 32.6 Å². The summed E-state index contributed by atoms with van der Waals surface area (Å²) in [5, 5.41) is 14.9. The van der Waals surface area contributed by atoms with Crippen LogP contribution in [0.5, 0.6) is 0 Å². The van der Waals surface area contributed by atoms with Gasteiger partial charge in [-0.3, -0.25) is 4.99 Å². The van der Waals surface area contributed by atoms with Gasteiger partial charge in [0.25, 0.3) is 0 Å². The van der Waals surface area contributed by atoms with E-state index in [9.17, 15) is 0 Å². The van der Waals surface area contributed by atoms with E-state index in [4.69, 9.17) is 0 Å². The molecule has 0 saturated carbocycles. The summed E-state index contributed by atoms with van der Waals surface area (Å²) in [6.45, 7) is 7.63. The Hall–Kier alpha value is -2.37. The largest absolute Gasteiger partial charge is 0.356 e. The van der Waals surface area contributed by atoms with E-state index in [2.05, 4.69) is 74.6 Å². The molecule has 25 heavy (non-hydrogen) atoms. The number of aromatic nitrogens is 3. The van der Waals surface area contributed by atoms with Gasteiger partial charge in [-0.05, 0) is 24.8 Å². The third-order valence-corrected chi connectivity index (χ3v) is 3.93. The van der Waals surface area contributed by atoms with Crippen LogP contribution in [0.15, 0.2) is 41.7 Å². The van der Waals surface area contributed by atoms with Gasteiger partial charge < -0.3 is 15.2 Å². The Morgan fingerprint density at radius 1 is 1.12 bits per heavy atom. The van der Waals surface area contributed by atoms with Gasteiger partial charge in [-0.1, -0.05) is 44.2 Å². The van der Waals surface area contributed by atoms with Crippen molar-refractivity contribution in [1.29, 1.82) is 0 Å². The Morgan fingerprint density at radius 3 is 2.68 bits per heavy atom. The van der Waals surface area contributed by atoms with Gasteiger partial charge in [-0.15, -0.1) is 10.2 Å². The summed E-state index contributed by atoms with van der Waals surface area (Å²) in [7, 11) is 0. The molecule has 0 amide bonds. The van der Waals surface area contributed by atoms with Crippen LogP contribution < -0.4 is 10.6 Å². The Morgan fingerprint density at radius 2 is 1.92 bits per heavy atom. The molecule has 1 aromatic heterocycles. The molecule has 0 bridgehead atoms. The van der Waals surface area contributed by atoms with Crippen molar-refractivity contribution in [1.82, 2.24) is 25.4 Å². The summed E-state index contributed by atoms with van der Waals surface area (Å²) in [4.78, 5) is 4.60. The maximum absolute atomic E-state index is 4.60. The molecule has 0 saturated heterocycles. The van der Waals surface area contributed by atoms with Crippen LogP contribution in [-0.2, 0) is 19.4 Å². The number of aliphatic imine (C=N–C) groups is 1. The topological polar surface area (TPSA) is 67.1 Å². The van der Waals surface area contributed by atoms with E-state index < -0.39 is 0 Å². The fourth-order valence-corrected chi connectivity index (χ4v) is 2.58. The minimum atomic E-state index is 0.805. The van der Waals surface area contributed by atoms with Crippen molar-refractivity contribution in [2.75, 3.05) is 19.6 Å². The number of nitrogens with zero attached hydrogens (tertiary/aromatic N) is 4. The number of aryl methyl sites for hydroxylation is 2. The van der Waals surface area contributed by atoms with E-state index in [1.54, 1.807) is 6.33 Å². The van der Waals surface area contributed by atoms with Crippen LogP contribution in [0.1, 0.15) is 38.1 Å². The summed E-state index contributed by atoms with van der Waals surface area (Å²) in [5.74, 6) is 1.91. The third kappa shape index (κ3) is 6.95. The standard InChI is InChI=1S/C19H30N6/c1-3-12-20-19(21-13-8-11-17-9-6-5-7-10-17)22-14-15-25-16-23-24-18(25)4-2/h5-7,9-10,16H,3-4,8,11-15H2,1-2H3,(H2,20,21,22). The molecule has 0 aliphatic carbocycles. The van der Waals surface area contributed by atoms with Crippen LogP contribution in [0.3, 0.4) is 0 Å². The lowest BCUT2D eigenvalue weighted by atomic mass is 10.1. The predicted molar refractivity (Wildman–Crippen MR) is 103 cm³/mol. The summed E-state index contributed by atoms with van der Waals surface area (Å²) >= 11 is 0. The van der Waals surface area contributed by atoms with Gasteiger partial charge in [0.15, 0.2) is 5.96 Å². The Bertz CT molecular complexity index is 620. The highest BCUT2D eigenvalue weighted by Crippen LogP contribution is 2.01. The average Bonchev–Trinajstić information content (AvgIpc) is 3.11. The van der Waals surface area contributed by atoms with Gasteiger partial charge in [0.1, 0.15) is 12.2 Å². The maximum atomic E-state index is 4.60. The van der Waals surface area contributed by atoms with Crippen molar-refractivity contribution < 1.29 is 0 Å². The minimum absolute atomic E-state index is 0.805. The molecule has 0 aliphatic rings. The van der Waals surface area contributed by atoms with Crippen LogP contribution in [0.4, 0.5) is 0 Å². The van der Waals surface area contributed by atoms with E-state index in [0.717, 1.165) is 63.6 Å². The number of hydrogen-bond donors (Lipinski definition) is 2. The second kappa shape index (κ2) is 11.2. The molecule has 0 fully saturated rings. The highest BCUT2D eigenvalue weighted by Gasteiger charge is 2.02. The first-order valence-electron chi connectivity index (χ1n) is 9.26. The number of nitrogens with one attached hydrogen (secondary N) is 2. The maximum Gasteiger partial charge on any atom is 0.191 e. The Kier molecular flexibility index (Phi) is 8.52. The molecular formula is C19H30N6. The lowest BCUT2D eigenvalue weighted by Crippen LogP contribution is -2.39. The summed E-state index contributed by atoms with van der Waals surface area (Å²) < 4.78 is 2.08. The lowest BCUT2D eigenvalue weighted by Gasteiger charge is -2.13. The van der Waals surface area contributed by atoms with E-state index >= 15 is 0 Å². The van der Waals surface area contributed by atoms with Crippen molar-refractivity contribution in [3.63, 3.8) is 0 Å². The van der Waals surface area contributed by atoms with Crippen LogP contribution in [-0.4, -0.2) is 40.4 Å². The first-order chi connectivity index (χ1) is 12.3. The fourth-order valence-electron chi connectivity index (χ4n) is 2.58. The molecule has 0 radical (unpaired) electrons. The minimum Gasteiger partial charge on any atom is -0.356 e. The Balaban J connectivity index is 1.72. The number of guanidine groups is 1. The molecule has 2 rings (SSSR count). The summed E-state index contributed by atoms with van der Waals surface area (Å²) in [6.07, 6.45) is 5.89. The van der Waals surface area contributed by atoms with Crippen molar-refractivity contribution >= 4 is 5.96 Å². The Labute approximate surface area is 150 Å². The quantitative estimate of drug-likeness (QED) is 0.395. The van der Waals surface area contributed by atoms with Crippen LogP contribution in [0.25, 0.3) is 0 Å². The zero-order valence-corrected chi connectivity index (χ0v) is 15.4. The predicted octanol–water partition coefficient (Wildman–Crippen LogP) is 2.42. The smallest absolute Gasteiger partial charge is 0.191 e. The zero-order valence-electron chi connectivity index (χ0n) is 15.4. The normalized spacial score (nSPS) is 11.5. The molecule has 2 N–H and O–H groups in total. The van der Waals surface area contributed by atoms with Gasteiger partial charge in [-0.2, -0.15) is 0 Å². The van der Waals surface area contributed by atoms with Gasteiger partial charge in [0.2, 0.25) is 0 Å². The molecule has 1 aromatic carbocycles. The van der Waals surface area contributed by atoms with Crippen molar-refractivity contribution in [3.05, 3.63) is 48.0 Å². The molecule has 0 unspecified atom stereocenters. The summed E-state index contributed by atoms with van der Waals surface area (Å²) in [5.41, 5.74) is 1.38. The highest BCUT2D eigenvalue weighted by molar-refractivity contribution is 5.79. The van der Waals surface area contributed by atoms with Gasteiger partial charge >= 0.3 is 0 Å². The molecular weight excluding hydrogens is 312 g/mol. The SMILES string of the molecule is CCCN=C(NCCCc1ccccc1)NCCn1cnnc1CC. The molecule has 6 heteroatoms. The molecule has 1 heterocycles. The van der Waals surface area contributed by atoms with Crippen molar-refractivity contribution in [2.24, 2.45) is 4.99 Å². The van der Waals surface area contributed by atoms with E-state index in [-0.39, 0.29) is 0 Å². The van der Waals surface area contributed by atoms with Crippen molar-refractivity contribution in [2.45, 2.75) is 46.1 Å². The lowest BCUT2D eigenvalue weighted by molar-refractivity contribution is 0.629. The van der Waals surface area contributed by atoms with Crippen LogP contribution in [0.2, 0.25) is 0 Å². The second-order valence-electron chi connectivity index (χ2n) is 5.97. The summed E-state index contributed by atoms with van der Waals surface area (Å²) in [6, 6.07) is 10.6. The third-order valence-electron chi connectivity index (χ3n) is 3.93. The first-order valence-corrected chi connectivity index (χ1v) is 9.26. The van der Waals surface area contributed by atoms with E-state index in [1.165, 1.54) is 5.56 Å². The van der Waals surface area contributed by atoms with Gasteiger partial charge in [0.05, 0.1) is 0 Å².